The summed E-state index contributed by atoms with van der Waals surface area (Å²) in [6, 6.07) is -0.537. The van der Waals surface area contributed by atoms with Crippen LogP contribution in [0.2, 0.25) is 0 Å². The van der Waals surface area contributed by atoms with Gasteiger partial charge in [-0.05, 0) is 51.4 Å². The number of allylic oxidation sites excluding steroid dienone is 8. The van der Waals surface area contributed by atoms with Crippen molar-refractivity contribution >= 4 is 5.91 Å². The van der Waals surface area contributed by atoms with E-state index in [1.807, 2.05) is 0 Å². The molecule has 1 amide bonds. The number of carbonyl (C=O) groups is 1. The number of hydrogen-bond donors (Lipinski definition) is 3. The Labute approximate surface area is 433 Å². The van der Waals surface area contributed by atoms with Gasteiger partial charge in [-0.15, -0.1) is 0 Å². The van der Waals surface area contributed by atoms with Crippen LogP contribution in [-0.4, -0.2) is 34.9 Å². The third-order valence-corrected chi connectivity index (χ3v) is 14.6. The fourth-order valence-corrected chi connectivity index (χ4v) is 9.89. The van der Waals surface area contributed by atoms with E-state index in [0.29, 0.717) is 12.8 Å². The Kier molecular flexibility index (Phi) is 59.2. The molecule has 0 aromatic rings. The molecule has 4 heteroatoms. The predicted molar refractivity (Wildman–Crippen MR) is 308 cm³/mol. The molecule has 0 heterocycles. The second-order valence-corrected chi connectivity index (χ2v) is 21.5. The van der Waals surface area contributed by atoms with Crippen molar-refractivity contribution in [3.63, 3.8) is 0 Å². The highest BCUT2D eigenvalue weighted by atomic mass is 16.3. The number of nitrogens with one attached hydrogen (secondary N) is 1. The maximum absolute atomic E-state index is 12.5. The van der Waals surface area contributed by atoms with Gasteiger partial charge in [-0.3, -0.25) is 4.79 Å². The van der Waals surface area contributed by atoms with Crippen molar-refractivity contribution in [2.75, 3.05) is 6.61 Å². The molecule has 2 atom stereocenters. The highest BCUT2D eigenvalue weighted by molar-refractivity contribution is 5.76. The normalized spacial score (nSPS) is 13.0. The van der Waals surface area contributed by atoms with E-state index < -0.39 is 12.1 Å². The van der Waals surface area contributed by atoms with E-state index in [0.717, 1.165) is 51.4 Å². The Hall–Kier alpha value is -1.65. The van der Waals surface area contributed by atoms with E-state index >= 15 is 0 Å². The average molecular weight is 967 g/mol. The van der Waals surface area contributed by atoms with Gasteiger partial charge in [0.1, 0.15) is 0 Å². The smallest absolute Gasteiger partial charge is 0.220 e. The number of rotatable bonds is 58. The summed E-state index contributed by atoms with van der Waals surface area (Å²) in [5.41, 5.74) is 0. The first-order valence-corrected chi connectivity index (χ1v) is 31.3. The van der Waals surface area contributed by atoms with E-state index in [-0.39, 0.29) is 12.5 Å². The molecule has 0 aliphatic heterocycles. The lowest BCUT2D eigenvalue weighted by Crippen LogP contribution is -2.45. The van der Waals surface area contributed by atoms with Gasteiger partial charge in [-0.25, -0.2) is 0 Å². The van der Waals surface area contributed by atoms with Crippen LogP contribution in [-0.2, 0) is 4.79 Å². The van der Waals surface area contributed by atoms with E-state index in [1.165, 1.54) is 263 Å². The second-order valence-electron chi connectivity index (χ2n) is 21.5. The summed E-state index contributed by atoms with van der Waals surface area (Å²) in [6.07, 6.45) is 84.2. The van der Waals surface area contributed by atoms with Gasteiger partial charge in [0.25, 0.3) is 0 Å². The molecule has 0 fully saturated rings. The summed E-state index contributed by atoms with van der Waals surface area (Å²) in [5.74, 6) is -0.0256. The first kappa shape index (κ1) is 67.3. The maximum Gasteiger partial charge on any atom is 0.220 e. The third kappa shape index (κ3) is 57.1. The van der Waals surface area contributed by atoms with Gasteiger partial charge in [0.2, 0.25) is 5.91 Å². The van der Waals surface area contributed by atoms with Crippen molar-refractivity contribution in [1.29, 1.82) is 0 Å². The highest BCUT2D eigenvalue weighted by Gasteiger charge is 2.20. The molecule has 0 aliphatic carbocycles. The summed E-state index contributed by atoms with van der Waals surface area (Å²) < 4.78 is 0. The number of aliphatic hydroxyl groups excluding tert-OH is 2. The molecular weight excluding hydrogens is 843 g/mol. The van der Waals surface area contributed by atoms with Crippen LogP contribution in [0.3, 0.4) is 0 Å². The number of unbranched alkanes of at least 4 members (excludes halogenated alkanes) is 43. The lowest BCUT2D eigenvalue weighted by molar-refractivity contribution is -0.123. The Morgan fingerprint density at radius 2 is 0.638 bits per heavy atom. The Morgan fingerprint density at radius 1 is 0.362 bits per heavy atom. The van der Waals surface area contributed by atoms with Crippen LogP contribution in [0.1, 0.15) is 341 Å². The molecule has 0 bridgehead atoms. The summed E-state index contributed by atoms with van der Waals surface area (Å²) in [5, 5.41) is 23.4. The van der Waals surface area contributed by atoms with Crippen LogP contribution in [0, 0.1) is 0 Å². The summed E-state index contributed by atoms with van der Waals surface area (Å²) in [4.78, 5) is 12.5. The van der Waals surface area contributed by atoms with E-state index in [4.69, 9.17) is 0 Å². The van der Waals surface area contributed by atoms with Crippen molar-refractivity contribution in [2.24, 2.45) is 0 Å². The minimum atomic E-state index is -0.661. The molecule has 0 saturated heterocycles. The molecule has 3 N–H and O–H groups in total. The van der Waals surface area contributed by atoms with E-state index in [2.05, 4.69) is 67.8 Å². The standard InChI is InChI=1S/C65H123NO3/c1-3-5-7-9-11-13-15-17-19-21-23-25-27-29-31-32-33-34-35-37-39-41-43-45-47-49-51-53-55-57-59-61-65(69)66-63(62-67)64(68)60-58-56-54-52-50-48-46-44-42-40-38-36-30-28-26-24-22-20-18-16-14-12-10-8-6-4-2/h5,7,11,13,17,19,23,25,63-64,67-68H,3-4,6,8-10,12,14-16,18,20-22,24,26-62H2,1-2H3,(H,66,69)/b7-5-,13-11-,19-17-,25-23-. The second kappa shape index (κ2) is 60.7. The average Bonchev–Trinajstić information content (AvgIpc) is 3.35. The van der Waals surface area contributed by atoms with E-state index in [9.17, 15) is 15.0 Å². The minimum absolute atomic E-state index is 0.0256. The lowest BCUT2D eigenvalue weighted by Gasteiger charge is -2.22. The molecule has 0 aromatic carbocycles. The molecule has 0 aromatic heterocycles. The fraction of sp³-hybridized carbons (Fsp3) is 0.862. The van der Waals surface area contributed by atoms with Gasteiger partial charge >= 0.3 is 0 Å². The molecule has 0 radical (unpaired) electrons. The van der Waals surface area contributed by atoms with Crippen molar-refractivity contribution in [1.82, 2.24) is 5.32 Å². The zero-order valence-electron chi connectivity index (χ0n) is 46.8. The molecule has 69 heavy (non-hydrogen) atoms. The van der Waals surface area contributed by atoms with Crippen LogP contribution >= 0.6 is 0 Å². The van der Waals surface area contributed by atoms with Gasteiger partial charge in [0, 0.05) is 6.42 Å². The van der Waals surface area contributed by atoms with Gasteiger partial charge < -0.3 is 15.5 Å². The third-order valence-electron chi connectivity index (χ3n) is 14.6. The number of amides is 1. The van der Waals surface area contributed by atoms with Crippen molar-refractivity contribution in [2.45, 2.75) is 353 Å². The predicted octanol–water partition coefficient (Wildman–Crippen LogP) is 21.0. The van der Waals surface area contributed by atoms with Crippen molar-refractivity contribution in [3.8, 4) is 0 Å². The fourth-order valence-electron chi connectivity index (χ4n) is 9.89. The zero-order valence-corrected chi connectivity index (χ0v) is 46.8. The summed E-state index contributed by atoms with van der Waals surface area (Å²) in [6.45, 7) is 4.28. The molecule has 406 valence electrons. The lowest BCUT2D eigenvalue weighted by atomic mass is 10.0. The molecule has 4 nitrogen and oxygen atoms in total. The van der Waals surface area contributed by atoms with Crippen molar-refractivity contribution < 1.29 is 15.0 Å². The zero-order chi connectivity index (χ0) is 49.9. The summed E-state index contributed by atoms with van der Waals surface area (Å²) >= 11 is 0. The first-order chi connectivity index (χ1) is 34.2. The molecule has 0 saturated carbocycles. The minimum Gasteiger partial charge on any atom is -0.394 e. The van der Waals surface area contributed by atoms with E-state index in [1.54, 1.807) is 0 Å². The SMILES string of the molecule is CC/C=C\C/C=C\C/C=C\C/C=C\CCCCCCCCCCCCCCCCCCCCC(=O)NC(CO)C(O)CCCCCCCCCCCCCCCCCCCCCCCCCCCC. The quantitative estimate of drug-likeness (QED) is 0.0420. The molecule has 0 rings (SSSR count). The monoisotopic (exact) mass is 966 g/mol. The topological polar surface area (TPSA) is 69.6 Å². The van der Waals surface area contributed by atoms with Crippen LogP contribution < -0.4 is 5.32 Å². The van der Waals surface area contributed by atoms with Gasteiger partial charge in [0.15, 0.2) is 0 Å². The Bertz CT molecular complexity index is 1090. The largest absolute Gasteiger partial charge is 0.394 e. The molecular formula is C65H123NO3. The Balaban J connectivity index is 3.42. The molecule has 0 aliphatic rings. The number of aliphatic hydroxyl groups is 2. The number of carbonyl (C=O) groups excluding carboxylic acids is 1. The Morgan fingerprint density at radius 3 is 0.957 bits per heavy atom. The van der Waals surface area contributed by atoms with Gasteiger partial charge in [-0.1, -0.05) is 332 Å². The summed E-state index contributed by atoms with van der Waals surface area (Å²) in [7, 11) is 0. The van der Waals surface area contributed by atoms with Crippen LogP contribution in [0.15, 0.2) is 48.6 Å². The highest BCUT2D eigenvalue weighted by Crippen LogP contribution is 2.18. The number of hydrogen-bond acceptors (Lipinski definition) is 3. The first-order valence-electron chi connectivity index (χ1n) is 31.3. The molecule has 0 spiro atoms. The van der Waals surface area contributed by atoms with Gasteiger partial charge in [-0.2, -0.15) is 0 Å². The van der Waals surface area contributed by atoms with Crippen LogP contribution in [0.5, 0.6) is 0 Å². The van der Waals surface area contributed by atoms with Crippen molar-refractivity contribution in [3.05, 3.63) is 48.6 Å². The molecule has 2 unspecified atom stereocenters. The van der Waals surface area contributed by atoms with Crippen LogP contribution in [0.25, 0.3) is 0 Å². The van der Waals surface area contributed by atoms with Crippen LogP contribution in [0.4, 0.5) is 0 Å². The van der Waals surface area contributed by atoms with Gasteiger partial charge in [0.05, 0.1) is 18.8 Å². The maximum atomic E-state index is 12.5.